The topological polar surface area (TPSA) is 103 Å². The lowest BCUT2D eigenvalue weighted by Gasteiger charge is -2.10. The van der Waals surface area contributed by atoms with Crippen LogP contribution in [0.1, 0.15) is 32.0 Å². The summed E-state index contributed by atoms with van der Waals surface area (Å²) in [5, 5.41) is 4.01. The Morgan fingerprint density at radius 3 is 2.41 bits per heavy atom. The molecule has 0 unspecified atom stereocenters. The number of amides is 2. The minimum Gasteiger partial charge on any atom is -0.497 e. The van der Waals surface area contributed by atoms with Crippen molar-refractivity contribution < 1.29 is 19.1 Å². The van der Waals surface area contributed by atoms with Gasteiger partial charge in [0.2, 0.25) is 5.91 Å². The van der Waals surface area contributed by atoms with Crippen LogP contribution in [0.2, 0.25) is 5.02 Å². The molecule has 172 valence electrons. The van der Waals surface area contributed by atoms with E-state index >= 15 is 0 Å². The first-order valence-corrected chi connectivity index (χ1v) is 10.8. The van der Waals surface area contributed by atoms with Gasteiger partial charge in [0.25, 0.3) is 11.8 Å². The van der Waals surface area contributed by atoms with Crippen LogP contribution in [0, 0.1) is 6.92 Å². The van der Waals surface area contributed by atoms with Gasteiger partial charge >= 0.3 is 0 Å². The zero-order valence-electron chi connectivity index (χ0n) is 18.6. The highest BCUT2D eigenvalue weighted by Gasteiger charge is 2.22. The summed E-state index contributed by atoms with van der Waals surface area (Å²) in [5.41, 5.74) is 8.38. The number of methoxy groups -OCH3 is 1. The fourth-order valence-corrected chi connectivity index (χ4v) is 4.08. The van der Waals surface area contributed by atoms with E-state index < -0.39 is 5.91 Å². The summed E-state index contributed by atoms with van der Waals surface area (Å²) >= 11 is 5.98. The maximum Gasteiger partial charge on any atom is 0.262 e. The molecule has 0 spiro atoms. The van der Waals surface area contributed by atoms with Crippen LogP contribution in [-0.2, 0) is 11.2 Å². The summed E-state index contributed by atoms with van der Waals surface area (Å²) in [5.74, 6) is -0.626. The van der Waals surface area contributed by atoms with Crippen LogP contribution < -0.4 is 15.8 Å². The quantitative estimate of drug-likeness (QED) is 0.426. The third-order valence-corrected chi connectivity index (χ3v) is 5.89. The number of nitrogens with one attached hydrogen (secondary N) is 1. The number of rotatable bonds is 6. The van der Waals surface area contributed by atoms with E-state index in [9.17, 15) is 14.4 Å². The molecule has 4 aromatic rings. The molecule has 0 aliphatic carbocycles. The van der Waals surface area contributed by atoms with Gasteiger partial charge in [-0.05, 0) is 67.1 Å². The van der Waals surface area contributed by atoms with Crippen molar-refractivity contribution in [1.29, 1.82) is 0 Å². The maximum atomic E-state index is 13.4. The van der Waals surface area contributed by atoms with Crippen molar-refractivity contribution in [1.82, 2.24) is 4.57 Å². The van der Waals surface area contributed by atoms with E-state index in [1.165, 1.54) is 0 Å². The summed E-state index contributed by atoms with van der Waals surface area (Å²) in [4.78, 5) is 38.1. The molecule has 1 aromatic heterocycles. The molecule has 0 aliphatic heterocycles. The van der Waals surface area contributed by atoms with Gasteiger partial charge in [0.05, 0.1) is 30.3 Å². The van der Waals surface area contributed by atoms with Crippen molar-refractivity contribution in [2.75, 3.05) is 12.4 Å². The molecule has 3 aromatic carbocycles. The molecule has 0 aliphatic rings. The summed E-state index contributed by atoms with van der Waals surface area (Å²) < 4.78 is 6.95. The zero-order valence-corrected chi connectivity index (χ0v) is 19.3. The number of hydrogen-bond donors (Lipinski definition) is 2. The molecule has 2 amide bonds. The van der Waals surface area contributed by atoms with Crippen LogP contribution in [0.25, 0.3) is 10.9 Å². The van der Waals surface area contributed by atoms with E-state index in [4.69, 9.17) is 22.1 Å². The van der Waals surface area contributed by atoms with E-state index in [1.807, 2.05) is 0 Å². The highest BCUT2D eigenvalue weighted by atomic mass is 35.5. The zero-order chi connectivity index (χ0) is 24.4. The van der Waals surface area contributed by atoms with Crippen LogP contribution in [0.15, 0.2) is 66.7 Å². The Morgan fingerprint density at radius 1 is 1.03 bits per heavy atom. The Hall–Kier alpha value is -4.10. The van der Waals surface area contributed by atoms with E-state index in [0.717, 1.165) is 5.39 Å². The van der Waals surface area contributed by atoms with Gasteiger partial charge in [0, 0.05) is 21.7 Å². The first-order valence-electron chi connectivity index (χ1n) is 10.5. The van der Waals surface area contributed by atoms with Crippen molar-refractivity contribution in [3.05, 3.63) is 94.1 Å². The average molecular weight is 476 g/mol. The van der Waals surface area contributed by atoms with Crippen molar-refractivity contribution in [2.45, 2.75) is 13.3 Å². The van der Waals surface area contributed by atoms with Gasteiger partial charge in [-0.15, -0.1) is 0 Å². The number of nitrogens with two attached hydrogens (primary N) is 1. The predicted molar refractivity (Wildman–Crippen MR) is 132 cm³/mol. The molecule has 0 radical (unpaired) electrons. The average Bonchev–Trinajstić information content (AvgIpc) is 3.09. The SMILES string of the molecule is COc1ccc2c(c1)c(CC(=O)Nc1ccccc1C(N)=O)c(C)n2C(=O)c1ccc(Cl)cc1. The summed E-state index contributed by atoms with van der Waals surface area (Å²) in [6, 6.07) is 18.5. The Bertz CT molecular complexity index is 1420. The third-order valence-electron chi connectivity index (χ3n) is 5.64. The highest BCUT2D eigenvalue weighted by molar-refractivity contribution is 6.30. The summed E-state index contributed by atoms with van der Waals surface area (Å²) in [6.45, 7) is 1.79. The molecule has 1 heterocycles. The predicted octanol–water partition coefficient (Wildman–Crippen LogP) is 4.58. The van der Waals surface area contributed by atoms with E-state index in [-0.39, 0.29) is 23.8 Å². The van der Waals surface area contributed by atoms with Gasteiger partial charge < -0.3 is 15.8 Å². The molecule has 34 heavy (non-hydrogen) atoms. The van der Waals surface area contributed by atoms with E-state index in [1.54, 1.807) is 85.3 Å². The lowest BCUT2D eigenvalue weighted by Crippen LogP contribution is -2.20. The highest BCUT2D eigenvalue weighted by Crippen LogP contribution is 2.31. The maximum absolute atomic E-state index is 13.4. The Balaban J connectivity index is 1.76. The second kappa shape index (κ2) is 9.41. The minimum atomic E-state index is -0.637. The normalized spacial score (nSPS) is 10.8. The summed E-state index contributed by atoms with van der Waals surface area (Å²) in [7, 11) is 1.55. The minimum absolute atomic E-state index is 0.0243. The second-order valence-electron chi connectivity index (χ2n) is 7.73. The summed E-state index contributed by atoms with van der Waals surface area (Å²) in [6.07, 6.45) is -0.0243. The van der Waals surface area contributed by atoms with Crippen molar-refractivity contribution in [2.24, 2.45) is 5.73 Å². The number of halogens is 1. The largest absolute Gasteiger partial charge is 0.497 e. The molecule has 3 N–H and O–H groups in total. The second-order valence-corrected chi connectivity index (χ2v) is 8.17. The van der Waals surface area contributed by atoms with Gasteiger partial charge in [0.15, 0.2) is 0 Å². The van der Waals surface area contributed by atoms with Gasteiger partial charge in [0.1, 0.15) is 5.75 Å². The van der Waals surface area contributed by atoms with Gasteiger partial charge in [-0.2, -0.15) is 0 Å². The number of nitrogens with zero attached hydrogens (tertiary/aromatic N) is 1. The molecule has 4 rings (SSSR count). The van der Waals surface area contributed by atoms with Gasteiger partial charge in [-0.25, -0.2) is 0 Å². The fourth-order valence-electron chi connectivity index (χ4n) is 3.96. The number of anilines is 1. The van der Waals surface area contributed by atoms with Crippen LogP contribution in [0.5, 0.6) is 5.75 Å². The van der Waals surface area contributed by atoms with E-state index in [0.29, 0.717) is 38.8 Å². The first-order chi connectivity index (χ1) is 16.3. The van der Waals surface area contributed by atoms with Crippen LogP contribution in [0.3, 0.4) is 0 Å². The van der Waals surface area contributed by atoms with Crippen molar-refractivity contribution >= 4 is 45.9 Å². The number of fused-ring (bicyclic) bond motifs is 1. The standard InChI is InChI=1S/C26H22ClN3O4/c1-15-20(14-24(31)29-22-6-4-3-5-19(22)25(28)32)21-13-18(34-2)11-12-23(21)30(15)26(33)16-7-9-17(27)10-8-16/h3-13H,14H2,1-2H3,(H2,28,32)(H,29,31). The Labute approximate surface area is 201 Å². The molecule has 0 atom stereocenters. The van der Waals surface area contributed by atoms with Crippen LogP contribution in [-0.4, -0.2) is 29.4 Å². The van der Waals surface area contributed by atoms with Crippen molar-refractivity contribution in [3.63, 3.8) is 0 Å². The lowest BCUT2D eigenvalue weighted by atomic mass is 10.1. The molecular formula is C26H22ClN3O4. The number of carbonyl (C=O) groups excluding carboxylic acids is 3. The van der Waals surface area contributed by atoms with E-state index in [2.05, 4.69) is 5.32 Å². The number of carbonyl (C=O) groups is 3. The van der Waals surface area contributed by atoms with Gasteiger partial charge in [-0.3, -0.25) is 19.0 Å². The number of aromatic nitrogens is 1. The molecule has 0 fully saturated rings. The number of para-hydroxylation sites is 1. The molecule has 0 bridgehead atoms. The fraction of sp³-hybridized carbons (Fsp3) is 0.115. The van der Waals surface area contributed by atoms with Crippen molar-refractivity contribution in [3.8, 4) is 5.75 Å². The number of benzene rings is 3. The monoisotopic (exact) mass is 475 g/mol. The smallest absolute Gasteiger partial charge is 0.262 e. The number of primary amides is 1. The molecule has 7 nitrogen and oxygen atoms in total. The molecule has 8 heteroatoms. The van der Waals surface area contributed by atoms with Crippen LogP contribution in [0.4, 0.5) is 5.69 Å². The molecule has 0 saturated carbocycles. The third kappa shape index (κ3) is 4.38. The lowest BCUT2D eigenvalue weighted by molar-refractivity contribution is -0.115. The van der Waals surface area contributed by atoms with Crippen LogP contribution >= 0.6 is 11.6 Å². The first kappa shape index (κ1) is 23.1. The Morgan fingerprint density at radius 2 is 1.74 bits per heavy atom. The Kier molecular flexibility index (Phi) is 6.38. The number of hydrogen-bond acceptors (Lipinski definition) is 4. The molecular weight excluding hydrogens is 454 g/mol. The molecule has 0 saturated heterocycles. The van der Waals surface area contributed by atoms with Gasteiger partial charge in [-0.1, -0.05) is 23.7 Å². The number of ether oxygens (including phenoxy) is 1.